The number of rotatable bonds is 3. The second kappa shape index (κ2) is 5.57. The Bertz CT molecular complexity index is 298. The molecular weight excluding hydrogens is 228 g/mol. The Balaban J connectivity index is 2.02. The van der Waals surface area contributed by atoms with Crippen molar-refractivity contribution >= 4 is 5.91 Å². The van der Waals surface area contributed by atoms with Crippen LogP contribution in [0.15, 0.2) is 0 Å². The number of carbonyl (C=O) groups is 1. The van der Waals surface area contributed by atoms with Gasteiger partial charge in [0, 0.05) is 32.8 Å². The summed E-state index contributed by atoms with van der Waals surface area (Å²) < 4.78 is 5.37. The Morgan fingerprint density at radius 1 is 1.44 bits per heavy atom. The minimum atomic E-state index is -0.343. The second-order valence-electron chi connectivity index (χ2n) is 6.14. The molecule has 0 spiro atoms. The highest BCUT2D eigenvalue weighted by Crippen LogP contribution is 2.34. The fraction of sp³-hybridized carbons (Fsp3) is 0.929. The SMILES string of the molecule is CC(C)C1CCN(C(=O)C2(CN)CCOCC2)C1. The van der Waals surface area contributed by atoms with Crippen LogP contribution in [0.1, 0.15) is 33.1 Å². The molecule has 4 nitrogen and oxygen atoms in total. The number of nitrogens with two attached hydrogens (primary N) is 1. The van der Waals surface area contributed by atoms with Gasteiger partial charge in [-0.3, -0.25) is 4.79 Å². The van der Waals surface area contributed by atoms with Crippen molar-refractivity contribution in [2.75, 3.05) is 32.8 Å². The highest BCUT2D eigenvalue weighted by molar-refractivity contribution is 5.83. The molecule has 2 heterocycles. The summed E-state index contributed by atoms with van der Waals surface area (Å²) >= 11 is 0. The second-order valence-corrected chi connectivity index (χ2v) is 6.14. The van der Waals surface area contributed by atoms with Crippen molar-refractivity contribution in [3.63, 3.8) is 0 Å². The monoisotopic (exact) mass is 254 g/mol. The first-order chi connectivity index (χ1) is 8.59. The van der Waals surface area contributed by atoms with Crippen LogP contribution in [0.3, 0.4) is 0 Å². The molecule has 0 saturated carbocycles. The van der Waals surface area contributed by atoms with Crippen LogP contribution in [0.2, 0.25) is 0 Å². The Kier molecular flexibility index (Phi) is 4.28. The van der Waals surface area contributed by atoms with Crippen LogP contribution < -0.4 is 5.73 Å². The van der Waals surface area contributed by atoms with Gasteiger partial charge < -0.3 is 15.4 Å². The van der Waals surface area contributed by atoms with E-state index in [0.717, 1.165) is 32.4 Å². The maximum absolute atomic E-state index is 12.7. The van der Waals surface area contributed by atoms with E-state index in [0.29, 0.717) is 31.6 Å². The van der Waals surface area contributed by atoms with Gasteiger partial charge in [-0.15, -0.1) is 0 Å². The zero-order chi connectivity index (χ0) is 13.2. The van der Waals surface area contributed by atoms with Crippen LogP contribution >= 0.6 is 0 Å². The molecule has 18 heavy (non-hydrogen) atoms. The maximum Gasteiger partial charge on any atom is 0.230 e. The number of hydrogen-bond acceptors (Lipinski definition) is 3. The van der Waals surface area contributed by atoms with E-state index in [4.69, 9.17) is 10.5 Å². The van der Waals surface area contributed by atoms with Crippen LogP contribution in [0.4, 0.5) is 0 Å². The summed E-state index contributed by atoms with van der Waals surface area (Å²) in [6.07, 6.45) is 2.71. The molecule has 2 N–H and O–H groups in total. The smallest absolute Gasteiger partial charge is 0.230 e. The van der Waals surface area contributed by atoms with Crippen LogP contribution in [0, 0.1) is 17.3 Å². The minimum absolute atomic E-state index is 0.274. The van der Waals surface area contributed by atoms with E-state index in [2.05, 4.69) is 13.8 Å². The molecule has 0 aromatic heterocycles. The number of likely N-dealkylation sites (tertiary alicyclic amines) is 1. The maximum atomic E-state index is 12.7. The average Bonchev–Trinajstić information content (AvgIpc) is 2.88. The van der Waals surface area contributed by atoms with Crippen molar-refractivity contribution in [2.45, 2.75) is 33.1 Å². The highest BCUT2D eigenvalue weighted by Gasteiger charge is 2.43. The number of nitrogens with zero attached hydrogens (tertiary/aromatic N) is 1. The summed E-state index contributed by atoms with van der Waals surface area (Å²) in [6, 6.07) is 0. The highest BCUT2D eigenvalue weighted by atomic mass is 16.5. The quantitative estimate of drug-likeness (QED) is 0.824. The molecule has 0 radical (unpaired) electrons. The standard InChI is InChI=1S/C14H26N2O2/c1-11(2)12-3-6-16(9-12)13(17)14(10-15)4-7-18-8-5-14/h11-12H,3-10,15H2,1-2H3. The lowest BCUT2D eigenvalue weighted by atomic mass is 9.79. The molecular formula is C14H26N2O2. The summed E-state index contributed by atoms with van der Waals surface area (Å²) in [5.74, 6) is 1.59. The number of amides is 1. The molecule has 2 aliphatic heterocycles. The van der Waals surface area contributed by atoms with Gasteiger partial charge in [-0.25, -0.2) is 0 Å². The van der Waals surface area contributed by atoms with E-state index < -0.39 is 0 Å². The van der Waals surface area contributed by atoms with Crippen LogP contribution in [0.5, 0.6) is 0 Å². The molecule has 2 rings (SSSR count). The van der Waals surface area contributed by atoms with Gasteiger partial charge in [-0.2, -0.15) is 0 Å². The Hall–Kier alpha value is -0.610. The van der Waals surface area contributed by atoms with Gasteiger partial charge >= 0.3 is 0 Å². The lowest BCUT2D eigenvalue weighted by Crippen LogP contribution is -2.50. The molecule has 1 amide bonds. The van der Waals surface area contributed by atoms with Gasteiger partial charge in [0.05, 0.1) is 5.41 Å². The largest absolute Gasteiger partial charge is 0.381 e. The first kappa shape index (κ1) is 13.8. The first-order valence-electron chi connectivity index (χ1n) is 7.16. The van der Waals surface area contributed by atoms with Gasteiger partial charge in [0.25, 0.3) is 0 Å². The van der Waals surface area contributed by atoms with E-state index in [9.17, 15) is 4.79 Å². The number of ether oxygens (including phenoxy) is 1. The van der Waals surface area contributed by atoms with Gasteiger partial charge in [-0.05, 0) is 31.1 Å². The molecule has 2 saturated heterocycles. The molecule has 0 aliphatic carbocycles. The number of hydrogen-bond donors (Lipinski definition) is 1. The molecule has 0 aromatic carbocycles. The van der Waals surface area contributed by atoms with Crippen LogP contribution in [-0.4, -0.2) is 43.7 Å². The third-order valence-electron chi connectivity index (χ3n) is 4.75. The summed E-state index contributed by atoms with van der Waals surface area (Å²) in [7, 11) is 0. The Morgan fingerprint density at radius 2 is 2.11 bits per heavy atom. The first-order valence-corrected chi connectivity index (χ1v) is 7.16. The van der Waals surface area contributed by atoms with Crippen molar-refractivity contribution in [1.82, 2.24) is 4.90 Å². The van der Waals surface area contributed by atoms with Crippen molar-refractivity contribution in [2.24, 2.45) is 23.0 Å². The summed E-state index contributed by atoms with van der Waals surface area (Å²) in [6.45, 7) is 8.10. The molecule has 0 aromatic rings. The third-order valence-corrected chi connectivity index (χ3v) is 4.75. The van der Waals surface area contributed by atoms with Gasteiger partial charge in [-0.1, -0.05) is 13.8 Å². The van der Waals surface area contributed by atoms with Crippen molar-refractivity contribution in [3.8, 4) is 0 Å². The van der Waals surface area contributed by atoms with Gasteiger partial charge in [0.2, 0.25) is 5.91 Å². The van der Waals surface area contributed by atoms with Crippen LogP contribution in [0.25, 0.3) is 0 Å². The zero-order valence-corrected chi connectivity index (χ0v) is 11.7. The fourth-order valence-corrected chi connectivity index (χ4v) is 3.12. The van der Waals surface area contributed by atoms with E-state index in [-0.39, 0.29) is 11.3 Å². The predicted octanol–water partition coefficient (Wildman–Crippen LogP) is 1.25. The summed E-state index contributed by atoms with van der Waals surface area (Å²) in [5, 5.41) is 0. The predicted molar refractivity (Wildman–Crippen MR) is 71.1 cm³/mol. The van der Waals surface area contributed by atoms with Gasteiger partial charge in [0.15, 0.2) is 0 Å². The minimum Gasteiger partial charge on any atom is -0.381 e. The normalized spacial score (nSPS) is 27.8. The lowest BCUT2D eigenvalue weighted by molar-refractivity contribution is -0.146. The van der Waals surface area contributed by atoms with E-state index in [1.807, 2.05) is 4.90 Å². The molecule has 4 heteroatoms. The van der Waals surface area contributed by atoms with Crippen molar-refractivity contribution in [3.05, 3.63) is 0 Å². The molecule has 1 atom stereocenters. The van der Waals surface area contributed by atoms with E-state index in [1.165, 1.54) is 0 Å². The lowest BCUT2D eigenvalue weighted by Gasteiger charge is -2.37. The molecule has 2 aliphatic rings. The number of carbonyl (C=O) groups excluding carboxylic acids is 1. The molecule has 0 bridgehead atoms. The average molecular weight is 254 g/mol. The molecule has 104 valence electrons. The van der Waals surface area contributed by atoms with E-state index >= 15 is 0 Å². The summed E-state index contributed by atoms with van der Waals surface area (Å²) in [5.41, 5.74) is 5.56. The van der Waals surface area contributed by atoms with Crippen LogP contribution in [-0.2, 0) is 9.53 Å². The molecule has 1 unspecified atom stereocenters. The van der Waals surface area contributed by atoms with E-state index in [1.54, 1.807) is 0 Å². The zero-order valence-electron chi connectivity index (χ0n) is 11.7. The Labute approximate surface area is 110 Å². The Morgan fingerprint density at radius 3 is 2.61 bits per heavy atom. The topological polar surface area (TPSA) is 55.6 Å². The fourth-order valence-electron chi connectivity index (χ4n) is 3.12. The third kappa shape index (κ3) is 2.54. The van der Waals surface area contributed by atoms with Gasteiger partial charge in [0.1, 0.15) is 0 Å². The summed E-state index contributed by atoms with van der Waals surface area (Å²) in [4.78, 5) is 14.8. The molecule has 2 fully saturated rings. The van der Waals surface area contributed by atoms with Crippen molar-refractivity contribution in [1.29, 1.82) is 0 Å². The van der Waals surface area contributed by atoms with Crippen molar-refractivity contribution < 1.29 is 9.53 Å².